The van der Waals surface area contributed by atoms with Crippen LogP contribution in [0.2, 0.25) is 0 Å². The Labute approximate surface area is 118 Å². The zero-order valence-corrected chi connectivity index (χ0v) is 10.9. The first-order valence-electron chi connectivity index (χ1n) is 5.42. The van der Waals surface area contributed by atoms with Crippen molar-refractivity contribution in [3.8, 4) is 0 Å². The van der Waals surface area contributed by atoms with Crippen LogP contribution in [0.25, 0.3) is 0 Å². The maximum absolute atomic E-state index is 12.7. The number of aromatic nitrogens is 2. The van der Waals surface area contributed by atoms with E-state index in [0.717, 1.165) is 11.3 Å². The van der Waals surface area contributed by atoms with Gasteiger partial charge < -0.3 is 5.73 Å². The van der Waals surface area contributed by atoms with E-state index in [-0.39, 0.29) is 28.2 Å². The lowest BCUT2D eigenvalue weighted by atomic mass is 10.0. The first kappa shape index (κ1) is 15.5. The van der Waals surface area contributed by atoms with Crippen LogP contribution in [0, 0.1) is 0 Å². The lowest BCUT2D eigenvalue weighted by Crippen LogP contribution is -2.12. The molecule has 2 rings (SSSR count). The van der Waals surface area contributed by atoms with Gasteiger partial charge in [0.1, 0.15) is 5.01 Å². The molecule has 2 N–H and O–H groups in total. The summed E-state index contributed by atoms with van der Waals surface area (Å²) >= 11 is 0.902. The minimum Gasteiger partial charge on any atom is -0.374 e. The molecule has 0 aliphatic heterocycles. The van der Waals surface area contributed by atoms with Crippen LogP contribution in [0.3, 0.4) is 0 Å². The van der Waals surface area contributed by atoms with Crippen molar-refractivity contribution in [1.82, 2.24) is 10.2 Å². The third-order valence-electron chi connectivity index (χ3n) is 2.49. The van der Waals surface area contributed by atoms with Gasteiger partial charge in [0.15, 0.2) is 0 Å². The van der Waals surface area contributed by atoms with Crippen molar-refractivity contribution in [2.75, 3.05) is 5.73 Å². The number of nitrogen functional groups attached to an aromatic ring is 1. The van der Waals surface area contributed by atoms with E-state index in [4.69, 9.17) is 5.73 Å². The molecule has 0 amide bonds. The molecule has 1 aromatic carbocycles. The summed E-state index contributed by atoms with van der Waals surface area (Å²) in [5, 5.41) is 7.36. The number of halogens is 6. The number of hydrogen-bond donors (Lipinski definition) is 1. The minimum atomic E-state index is -4.86. The van der Waals surface area contributed by atoms with Crippen LogP contribution >= 0.6 is 11.3 Å². The highest BCUT2D eigenvalue weighted by atomic mass is 32.1. The molecule has 0 spiro atoms. The fourth-order valence-corrected chi connectivity index (χ4v) is 2.28. The quantitative estimate of drug-likeness (QED) is 0.855. The second-order valence-corrected chi connectivity index (χ2v) is 5.22. The Balaban J connectivity index is 2.45. The average molecular weight is 327 g/mol. The highest BCUT2D eigenvalue weighted by Crippen LogP contribution is 2.36. The molecule has 1 aromatic heterocycles. The van der Waals surface area contributed by atoms with Gasteiger partial charge in [-0.3, -0.25) is 0 Å². The largest absolute Gasteiger partial charge is 0.416 e. The standard InChI is InChI=1S/C11H7F6N3S/c12-10(13,14)6-1-5(2-7(4-6)11(15,16)17)3-8-19-20-9(18)21-8/h1-2,4H,3H2,(H2,18,20). The zero-order valence-electron chi connectivity index (χ0n) is 10.1. The van der Waals surface area contributed by atoms with Gasteiger partial charge in [-0.05, 0) is 23.8 Å². The third kappa shape index (κ3) is 3.84. The van der Waals surface area contributed by atoms with Gasteiger partial charge in [0.05, 0.1) is 11.1 Å². The molecule has 0 saturated carbocycles. The molecule has 0 aliphatic rings. The lowest BCUT2D eigenvalue weighted by molar-refractivity contribution is -0.143. The van der Waals surface area contributed by atoms with Gasteiger partial charge in [-0.15, -0.1) is 10.2 Å². The van der Waals surface area contributed by atoms with Gasteiger partial charge in [0.25, 0.3) is 0 Å². The molecule has 114 valence electrons. The first-order valence-corrected chi connectivity index (χ1v) is 6.23. The predicted molar refractivity (Wildman–Crippen MR) is 63.6 cm³/mol. The number of benzene rings is 1. The number of anilines is 1. The van der Waals surface area contributed by atoms with E-state index in [0.29, 0.717) is 12.1 Å². The van der Waals surface area contributed by atoms with E-state index < -0.39 is 23.5 Å². The van der Waals surface area contributed by atoms with Crippen LogP contribution in [0.1, 0.15) is 21.7 Å². The summed E-state index contributed by atoms with van der Waals surface area (Å²) in [6, 6.07) is 1.40. The van der Waals surface area contributed by atoms with E-state index in [1.807, 2.05) is 0 Å². The van der Waals surface area contributed by atoms with Crippen LogP contribution in [-0.4, -0.2) is 10.2 Å². The number of rotatable bonds is 2. The molecule has 0 saturated heterocycles. The molecule has 3 nitrogen and oxygen atoms in total. The van der Waals surface area contributed by atoms with E-state index in [1.54, 1.807) is 0 Å². The number of hydrogen-bond acceptors (Lipinski definition) is 4. The number of alkyl halides is 6. The Kier molecular flexibility index (Phi) is 3.83. The van der Waals surface area contributed by atoms with Gasteiger partial charge in [0.2, 0.25) is 5.13 Å². The SMILES string of the molecule is Nc1nnc(Cc2cc(C(F)(F)F)cc(C(F)(F)F)c2)s1. The van der Waals surface area contributed by atoms with Crippen LogP contribution in [0.15, 0.2) is 18.2 Å². The lowest BCUT2D eigenvalue weighted by Gasteiger charge is -2.13. The van der Waals surface area contributed by atoms with Crippen LogP contribution in [-0.2, 0) is 18.8 Å². The molecular formula is C11H7F6N3S. The summed E-state index contributed by atoms with van der Waals surface area (Å²) in [6.07, 6.45) is -9.94. The molecule has 0 aliphatic carbocycles. The van der Waals surface area contributed by atoms with Crippen LogP contribution in [0.5, 0.6) is 0 Å². The van der Waals surface area contributed by atoms with Gasteiger partial charge in [-0.25, -0.2) is 0 Å². The fraction of sp³-hybridized carbons (Fsp3) is 0.273. The van der Waals surface area contributed by atoms with E-state index >= 15 is 0 Å². The molecule has 0 fully saturated rings. The van der Waals surface area contributed by atoms with Gasteiger partial charge in [-0.1, -0.05) is 11.3 Å². The van der Waals surface area contributed by atoms with Crippen molar-refractivity contribution in [3.63, 3.8) is 0 Å². The first-order chi connectivity index (χ1) is 9.55. The molecule has 0 bridgehead atoms. The van der Waals surface area contributed by atoms with Crippen molar-refractivity contribution in [2.24, 2.45) is 0 Å². The summed E-state index contributed by atoms with van der Waals surface area (Å²) in [5.41, 5.74) is 2.44. The van der Waals surface area contributed by atoms with Crippen molar-refractivity contribution < 1.29 is 26.3 Å². The summed E-state index contributed by atoms with van der Waals surface area (Å²) in [5.74, 6) is 0. The predicted octanol–water partition coefficient (Wildman–Crippen LogP) is 3.75. The fourth-order valence-electron chi connectivity index (χ4n) is 1.63. The molecule has 10 heteroatoms. The molecule has 2 aromatic rings. The van der Waals surface area contributed by atoms with Crippen molar-refractivity contribution in [1.29, 1.82) is 0 Å². The molecular weight excluding hydrogens is 320 g/mol. The van der Waals surface area contributed by atoms with Crippen molar-refractivity contribution in [2.45, 2.75) is 18.8 Å². The Hall–Kier alpha value is -1.84. The monoisotopic (exact) mass is 327 g/mol. The Morgan fingerprint density at radius 3 is 1.81 bits per heavy atom. The van der Waals surface area contributed by atoms with Gasteiger partial charge >= 0.3 is 12.4 Å². The smallest absolute Gasteiger partial charge is 0.374 e. The van der Waals surface area contributed by atoms with E-state index in [9.17, 15) is 26.3 Å². The topological polar surface area (TPSA) is 51.8 Å². The number of nitrogens with two attached hydrogens (primary N) is 1. The Morgan fingerprint density at radius 1 is 0.905 bits per heavy atom. The van der Waals surface area contributed by atoms with Crippen molar-refractivity contribution >= 4 is 16.5 Å². The second-order valence-electron chi connectivity index (χ2n) is 4.12. The second kappa shape index (κ2) is 5.17. The molecule has 21 heavy (non-hydrogen) atoms. The Morgan fingerprint density at radius 2 is 1.43 bits per heavy atom. The highest BCUT2D eigenvalue weighted by molar-refractivity contribution is 7.15. The van der Waals surface area contributed by atoms with Gasteiger partial charge in [-0.2, -0.15) is 26.3 Å². The third-order valence-corrected chi connectivity index (χ3v) is 3.24. The average Bonchev–Trinajstić information content (AvgIpc) is 2.72. The maximum atomic E-state index is 12.7. The normalized spacial score (nSPS) is 12.7. The minimum absolute atomic E-state index is 0.0813. The molecule has 0 unspecified atom stereocenters. The van der Waals surface area contributed by atoms with E-state index in [2.05, 4.69) is 10.2 Å². The van der Waals surface area contributed by atoms with E-state index in [1.165, 1.54) is 0 Å². The van der Waals surface area contributed by atoms with Gasteiger partial charge in [0, 0.05) is 6.42 Å². The molecule has 0 radical (unpaired) electrons. The summed E-state index contributed by atoms with van der Waals surface area (Å²) in [7, 11) is 0. The molecule has 1 heterocycles. The number of nitrogens with zero attached hydrogens (tertiary/aromatic N) is 2. The van der Waals surface area contributed by atoms with Crippen LogP contribution in [0.4, 0.5) is 31.5 Å². The zero-order chi connectivity index (χ0) is 15.8. The maximum Gasteiger partial charge on any atom is 0.416 e. The summed E-state index contributed by atoms with van der Waals surface area (Å²) in [6.45, 7) is 0. The highest BCUT2D eigenvalue weighted by Gasteiger charge is 2.36. The molecule has 0 atom stereocenters. The van der Waals surface area contributed by atoms with Crippen molar-refractivity contribution in [3.05, 3.63) is 39.9 Å². The summed E-state index contributed by atoms with van der Waals surface area (Å²) in [4.78, 5) is 0. The Bertz CT molecular complexity index is 614. The summed E-state index contributed by atoms with van der Waals surface area (Å²) < 4.78 is 76.0. The van der Waals surface area contributed by atoms with Crippen LogP contribution < -0.4 is 5.73 Å².